The SMILES string of the molecule is CSc1nnc(N2C(N)=C(C#N)C(/C=C/c3ccccc3)C3=C2CCCC3=O)s1. The molecule has 1 aromatic heterocycles. The molecule has 1 unspecified atom stereocenters. The maximum absolute atomic E-state index is 12.9. The summed E-state index contributed by atoms with van der Waals surface area (Å²) in [5.74, 6) is -0.0616. The molecule has 4 rings (SSSR count). The Morgan fingerprint density at radius 2 is 2.10 bits per heavy atom. The normalized spacial score (nSPS) is 19.7. The standard InChI is InChI=1S/C21H19N5OS2/c1-28-21-25-24-20(29-21)26-16-8-5-9-17(27)18(16)14(15(12-22)19(26)23)11-10-13-6-3-2-4-7-13/h2-4,6-7,10-11,14H,5,8-9,23H2,1H3/b11-10+. The first-order valence-electron chi connectivity index (χ1n) is 9.21. The van der Waals surface area contributed by atoms with E-state index in [0.717, 1.165) is 22.0 Å². The number of nitrogens with two attached hydrogens (primary N) is 1. The van der Waals surface area contributed by atoms with Gasteiger partial charge in [0.05, 0.1) is 11.6 Å². The highest BCUT2D eigenvalue weighted by Gasteiger charge is 2.39. The number of nitriles is 1. The van der Waals surface area contributed by atoms with E-state index in [1.165, 1.54) is 23.1 Å². The zero-order valence-corrected chi connectivity index (χ0v) is 17.5. The van der Waals surface area contributed by atoms with Crippen LogP contribution in [0.2, 0.25) is 0 Å². The minimum absolute atomic E-state index is 0.0637. The number of aromatic nitrogens is 2. The molecule has 0 saturated carbocycles. The van der Waals surface area contributed by atoms with E-state index < -0.39 is 5.92 Å². The number of benzene rings is 1. The Labute approximate surface area is 177 Å². The van der Waals surface area contributed by atoms with Crippen LogP contribution in [0.4, 0.5) is 5.13 Å². The predicted octanol–water partition coefficient (Wildman–Crippen LogP) is 4.11. The van der Waals surface area contributed by atoms with Crippen LogP contribution in [0, 0.1) is 17.2 Å². The van der Waals surface area contributed by atoms with Crippen LogP contribution >= 0.6 is 23.1 Å². The highest BCUT2D eigenvalue weighted by atomic mass is 32.2. The van der Waals surface area contributed by atoms with E-state index in [1.54, 1.807) is 4.90 Å². The summed E-state index contributed by atoms with van der Waals surface area (Å²) in [4.78, 5) is 14.7. The minimum Gasteiger partial charge on any atom is -0.384 e. The Morgan fingerprint density at radius 3 is 2.79 bits per heavy atom. The number of carbonyl (C=O) groups excluding carboxylic acids is 1. The minimum atomic E-state index is -0.452. The van der Waals surface area contributed by atoms with E-state index in [-0.39, 0.29) is 5.78 Å². The lowest BCUT2D eigenvalue weighted by atomic mass is 9.79. The molecule has 1 aromatic carbocycles. The second kappa shape index (κ2) is 8.23. The summed E-state index contributed by atoms with van der Waals surface area (Å²) in [7, 11) is 0. The van der Waals surface area contributed by atoms with Crippen molar-refractivity contribution < 1.29 is 4.79 Å². The van der Waals surface area contributed by atoms with Gasteiger partial charge in [-0.25, -0.2) is 0 Å². The number of nitrogens with zero attached hydrogens (tertiary/aromatic N) is 4. The average molecular weight is 422 g/mol. The van der Waals surface area contributed by atoms with E-state index in [4.69, 9.17) is 5.73 Å². The number of anilines is 1. The van der Waals surface area contributed by atoms with Gasteiger partial charge in [-0.3, -0.25) is 9.69 Å². The third-order valence-corrected chi connectivity index (χ3v) is 6.88. The van der Waals surface area contributed by atoms with Crippen LogP contribution in [0.15, 0.2) is 63.4 Å². The van der Waals surface area contributed by atoms with Crippen molar-refractivity contribution in [2.24, 2.45) is 11.7 Å². The number of ketones is 1. The van der Waals surface area contributed by atoms with Crippen LogP contribution in [-0.4, -0.2) is 22.2 Å². The quantitative estimate of drug-likeness (QED) is 0.742. The van der Waals surface area contributed by atoms with Gasteiger partial charge >= 0.3 is 0 Å². The maximum atomic E-state index is 12.9. The molecule has 146 valence electrons. The van der Waals surface area contributed by atoms with Gasteiger partial charge in [-0.15, -0.1) is 10.2 Å². The van der Waals surface area contributed by atoms with Crippen molar-refractivity contribution in [3.63, 3.8) is 0 Å². The van der Waals surface area contributed by atoms with Crippen LogP contribution in [0.3, 0.4) is 0 Å². The summed E-state index contributed by atoms with van der Waals surface area (Å²) in [5.41, 5.74) is 9.32. The van der Waals surface area contributed by atoms with Crippen LogP contribution in [0.5, 0.6) is 0 Å². The summed E-state index contributed by atoms with van der Waals surface area (Å²) in [6.07, 6.45) is 7.72. The first-order valence-corrected chi connectivity index (χ1v) is 11.2. The van der Waals surface area contributed by atoms with Gasteiger partial charge in [-0.2, -0.15) is 5.26 Å². The number of Topliss-reactive ketones (excluding diaryl/α,β-unsaturated/α-hetero) is 1. The number of hydrogen-bond acceptors (Lipinski definition) is 8. The molecule has 1 aliphatic heterocycles. The summed E-state index contributed by atoms with van der Waals surface area (Å²) in [6.45, 7) is 0. The first kappa shape index (κ1) is 19.4. The van der Waals surface area contributed by atoms with Gasteiger partial charge in [0.15, 0.2) is 10.1 Å². The Hall–Kier alpha value is -2.89. The van der Waals surface area contributed by atoms with Crippen LogP contribution in [0.1, 0.15) is 24.8 Å². The van der Waals surface area contributed by atoms with Gasteiger partial charge in [-0.1, -0.05) is 65.6 Å². The molecule has 0 fully saturated rings. The summed E-state index contributed by atoms with van der Waals surface area (Å²) in [5, 5.41) is 18.9. The second-order valence-corrected chi connectivity index (χ2v) is 8.69. The number of rotatable bonds is 4. The van der Waals surface area contributed by atoms with Crippen LogP contribution in [0.25, 0.3) is 6.08 Å². The lowest BCUT2D eigenvalue weighted by molar-refractivity contribution is -0.116. The van der Waals surface area contributed by atoms with E-state index in [0.29, 0.717) is 34.9 Å². The van der Waals surface area contributed by atoms with Crippen molar-refractivity contribution >= 4 is 40.1 Å². The van der Waals surface area contributed by atoms with Gasteiger partial charge in [-0.05, 0) is 24.7 Å². The van der Waals surface area contributed by atoms with E-state index in [9.17, 15) is 10.1 Å². The molecule has 0 saturated heterocycles. The van der Waals surface area contributed by atoms with Gasteiger partial charge in [0.25, 0.3) is 0 Å². The Morgan fingerprint density at radius 1 is 1.31 bits per heavy atom. The molecule has 0 spiro atoms. The van der Waals surface area contributed by atoms with Gasteiger partial charge in [0.2, 0.25) is 5.13 Å². The molecule has 1 aliphatic carbocycles. The fraction of sp³-hybridized carbons (Fsp3) is 0.238. The molecule has 6 nitrogen and oxygen atoms in total. The summed E-state index contributed by atoms with van der Waals surface area (Å²) < 4.78 is 0.807. The molecule has 1 atom stereocenters. The van der Waals surface area contributed by atoms with E-state index in [2.05, 4.69) is 16.3 Å². The molecule has 8 heteroatoms. The average Bonchev–Trinajstić information content (AvgIpc) is 3.21. The third kappa shape index (κ3) is 3.59. The number of carbonyl (C=O) groups is 1. The third-order valence-electron chi connectivity index (χ3n) is 5.00. The van der Waals surface area contributed by atoms with Crippen molar-refractivity contribution in [3.8, 4) is 6.07 Å². The molecule has 29 heavy (non-hydrogen) atoms. The van der Waals surface area contributed by atoms with E-state index in [1.807, 2.05) is 48.7 Å². The molecule has 2 N–H and O–H groups in total. The van der Waals surface area contributed by atoms with Crippen LogP contribution < -0.4 is 10.6 Å². The molecule has 2 heterocycles. The van der Waals surface area contributed by atoms with Crippen molar-refractivity contribution in [2.45, 2.75) is 23.6 Å². The molecular formula is C21H19N5OS2. The fourth-order valence-electron chi connectivity index (χ4n) is 3.69. The van der Waals surface area contributed by atoms with Crippen molar-refractivity contribution in [1.82, 2.24) is 10.2 Å². The molecule has 0 radical (unpaired) electrons. The summed E-state index contributed by atoms with van der Waals surface area (Å²) in [6, 6.07) is 12.1. The molecule has 0 bridgehead atoms. The maximum Gasteiger partial charge on any atom is 0.219 e. The smallest absolute Gasteiger partial charge is 0.219 e. The van der Waals surface area contributed by atoms with Crippen LogP contribution in [-0.2, 0) is 4.79 Å². The van der Waals surface area contributed by atoms with E-state index >= 15 is 0 Å². The lowest BCUT2D eigenvalue weighted by Gasteiger charge is -2.37. The second-order valence-electron chi connectivity index (χ2n) is 6.69. The fourth-order valence-corrected chi connectivity index (χ4v) is 4.98. The van der Waals surface area contributed by atoms with Crippen molar-refractivity contribution in [3.05, 3.63) is 64.6 Å². The van der Waals surface area contributed by atoms with Gasteiger partial charge in [0, 0.05) is 23.6 Å². The first-order chi connectivity index (χ1) is 14.1. The number of allylic oxidation sites excluding steroid dienone is 4. The lowest BCUT2D eigenvalue weighted by Crippen LogP contribution is -2.39. The van der Waals surface area contributed by atoms with Crippen molar-refractivity contribution in [1.29, 1.82) is 5.26 Å². The molecule has 2 aromatic rings. The highest BCUT2D eigenvalue weighted by molar-refractivity contribution is 8.00. The zero-order chi connectivity index (χ0) is 20.4. The highest BCUT2D eigenvalue weighted by Crippen LogP contribution is 2.43. The molecule has 2 aliphatic rings. The Kier molecular flexibility index (Phi) is 5.51. The predicted molar refractivity (Wildman–Crippen MR) is 116 cm³/mol. The summed E-state index contributed by atoms with van der Waals surface area (Å²) >= 11 is 2.90. The topological polar surface area (TPSA) is 95.9 Å². The molecular weight excluding hydrogens is 402 g/mol. The zero-order valence-electron chi connectivity index (χ0n) is 15.8. The Bertz CT molecular complexity index is 1080. The monoisotopic (exact) mass is 421 g/mol. The van der Waals surface area contributed by atoms with Gasteiger partial charge < -0.3 is 5.73 Å². The molecule has 0 amide bonds. The van der Waals surface area contributed by atoms with Gasteiger partial charge in [0.1, 0.15) is 5.82 Å². The number of hydrogen-bond donors (Lipinski definition) is 1. The Balaban J connectivity index is 1.84. The largest absolute Gasteiger partial charge is 0.384 e. The number of thioether (sulfide) groups is 1. The van der Waals surface area contributed by atoms with Crippen molar-refractivity contribution in [2.75, 3.05) is 11.2 Å².